The lowest BCUT2D eigenvalue weighted by molar-refractivity contribution is -0.143. The van der Waals surface area contributed by atoms with Crippen LogP contribution in [0, 0.1) is 17.8 Å². The van der Waals surface area contributed by atoms with Crippen molar-refractivity contribution in [3.63, 3.8) is 0 Å². The number of rotatable bonds is 8. The van der Waals surface area contributed by atoms with Crippen LogP contribution < -0.4 is 0 Å². The van der Waals surface area contributed by atoms with Crippen LogP contribution in [0.3, 0.4) is 0 Å². The normalized spacial score (nSPS) is 25.5. The van der Waals surface area contributed by atoms with Crippen LogP contribution in [0.1, 0.15) is 63.9 Å². The number of phenols is 1. The van der Waals surface area contributed by atoms with Gasteiger partial charge in [-0.25, -0.2) is 0 Å². The molecule has 1 heterocycles. The molecule has 7 nitrogen and oxygen atoms in total. The summed E-state index contributed by atoms with van der Waals surface area (Å²) in [5, 5.41) is 43.9. The van der Waals surface area contributed by atoms with E-state index in [1.807, 2.05) is 43.3 Å². The smallest absolute Gasteiger partial charge is 0.234 e. The molecule has 1 aliphatic heterocycles. The average molecular weight is 534 g/mol. The van der Waals surface area contributed by atoms with Gasteiger partial charge in [0.1, 0.15) is 5.75 Å². The number of allylic oxidation sites excluding steroid dienone is 1. The molecular formula is C32H39NO6. The van der Waals surface area contributed by atoms with Gasteiger partial charge in [-0.2, -0.15) is 0 Å². The Morgan fingerprint density at radius 1 is 1.03 bits per heavy atom. The lowest BCUT2D eigenvalue weighted by Gasteiger charge is -2.36. The van der Waals surface area contributed by atoms with E-state index in [1.54, 1.807) is 6.07 Å². The molecule has 2 fully saturated rings. The van der Waals surface area contributed by atoms with Crippen molar-refractivity contribution in [1.29, 1.82) is 0 Å². The summed E-state index contributed by atoms with van der Waals surface area (Å²) >= 11 is 0. The second-order valence-electron chi connectivity index (χ2n) is 11.4. The van der Waals surface area contributed by atoms with E-state index >= 15 is 0 Å². The summed E-state index contributed by atoms with van der Waals surface area (Å²) in [6.07, 6.45) is 7.00. The van der Waals surface area contributed by atoms with E-state index in [0.29, 0.717) is 24.0 Å². The summed E-state index contributed by atoms with van der Waals surface area (Å²) in [4.78, 5) is 28.4. The molecule has 1 saturated heterocycles. The zero-order valence-electron chi connectivity index (χ0n) is 22.6. The number of aliphatic hydroxyl groups excluding tert-OH is 3. The van der Waals surface area contributed by atoms with Gasteiger partial charge in [0.15, 0.2) is 0 Å². The Labute approximate surface area is 229 Å². The molecule has 0 radical (unpaired) electrons. The number of aromatic hydroxyl groups is 1. The van der Waals surface area contributed by atoms with Gasteiger partial charge < -0.3 is 20.4 Å². The van der Waals surface area contributed by atoms with Crippen LogP contribution in [-0.2, 0) is 9.59 Å². The fourth-order valence-corrected chi connectivity index (χ4v) is 7.12. The number of nitrogens with zero attached hydrogens (tertiary/aromatic N) is 1. The van der Waals surface area contributed by atoms with E-state index in [-0.39, 0.29) is 43.2 Å². The second kappa shape index (κ2) is 11.6. The largest absolute Gasteiger partial charge is 0.507 e. The molecule has 2 amide bonds. The molecule has 0 unspecified atom stereocenters. The highest BCUT2D eigenvalue weighted by atomic mass is 16.3. The maximum absolute atomic E-state index is 13.6. The second-order valence-corrected chi connectivity index (χ2v) is 11.4. The molecule has 2 aromatic rings. The summed E-state index contributed by atoms with van der Waals surface area (Å²) in [6.45, 7) is 1.31. The number of benzene rings is 2. The van der Waals surface area contributed by atoms with Crippen LogP contribution in [0.4, 0.5) is 0 Å². The van der Waals surface area contributed by atoms with E-state index in [9.17, 15) is 30.0 Å². The summed E-state index contributed by atoms with van der Waals surface area (Å²) in [7, 11) is 0. The minimum atomic E-state index is -0.947. The number of fused-ring (bicyclic) bond motifs is 2. The monoisotopic (exact) mass is 533 g/mol. The van der Waals surface area contributed by atoms with Crippen LogP contribution >= 0.6 is 0 Å². The van der Waals surface area contributed by atoms with Gasteiger partial charge >= 0.3 is 0 Å². The molecule has 0 bridgehead atoms. The number of carbonyl (C=O) groups is 2. The topological polar surface area (TPSA) is 118 Å². The van der Waals surface area contributed by atoms with Crippen molar-refractivity contribution in [3.05, 3.63) is 58.7 Å². The molecule has 4 atom stereocenters. The Kier molecular flexibility index (Phi) is 8.21. The van der Waals surface area contributed by atoms with E-state index < -0.39 is 23.9 Å². The maximum atomic E-state index is 13.6. The van der Waals surface area contributed by atoms with Crippen LogP contribution in [0.25, 0.3) is 16.8 Å². The third-order valence-corrected chi connectivity index (χ3v) is 9.05. The summed E-state index contributed by atoms with van der Waals surface area (Å²) in [5.74, 6) is -2.14. The lowest BCUT2D eigenvalue weighted by atomic mass is 9.68. The van der Waals surface area contributed by atoms with Gasteiger partial charge in [-0.1, -0.05) is 61.2 Å². The number of phenolic OH excluding ortho intramolecular Hbond substituents is 1. The molecule has 39 heavy (non-hydrogen) atoms. The zero-order chi connectivity index (χ0) is 27.7. The number of amides is 2. The molecule has 0 aromatic heterocycles. The fraction of sp³-hybridized carbons (Fsp3) is 0.500. The van der Waals surface area contributed by atoms with Crippen molar-refractivity contribution >= 4 is 28.7 Å². The predicted molar refractivity (Wildman–Crippen MR) is 150 cm³/mol. The van der Waals surface area contributed by atoms with E-state index in [2.05, 4.69) is 0 Å². The molecule has 2 aliphatic carbocycles. The molecule has 2 aromatic carbocycles. The quantitative estimate of drug-likeness (QED) is 0.296. The summed E-state index contributed by atoms with van der Waals surface area (Å²) in [6, 6.07) is 11.1. The highest BCUT2D eigenvalue weighted by Gasteiger charge is 2.56. The first kappa shape index (κ1) is 27.6. The molecular weight excluding hydrogens is 494 g/mol. The molecule has 1 saturated carbocycles. The predicted octanol–water partition coefficient (Wildman–Crippen LogP) is 4.32. The fourth-order valence-electron chi connectivity index (χ4n) is 7.12. The van der Waals surface area contributed by atoms with Gasteiger partial charge in [0.2, 0.25) is 11.8 Å². The number of imide groups is 1. The van der Waals surface area contributed by atoms with Crippen LogP contribution in [-0.4, -0.2) is 62.5 Å². The van der Waals surface area contributed by atoms with Crippen molar-refractivity contribution < 1.29 is 30.0 Å². The van der Waals surface area contributed by atoms with E-state index in [1.165, 1.54) is 4.90 Å². The number of aliphatic hydroxyl groups is 3. The first-order valence-electron chi connectivity index (χ1n) is 14.2. The minimum Gasteiger partial charge on any atom is -0.507 e. The number of likely N-dealkylation sites (tertiary alicyclic amines) is 1. The highest BCUT2D eigenvalue weighted by molar-refractivity contribution is 6.06. The van der Waals surface area contributed by atoms with Gasteiger partial charge in [-0.15, -0.1) is 0 Å². The summed E-state index contributed by atoms with van der Waals surface area (Å²) < 4.78 is 0. The van der Waals surface area contributed by atoms with E-state index in [0.717, 1.165) is 54.0 Å². The molecule has 208 valence electrons. The molecule has 7 heteroatoms. The highest BCUT2D eigenvalue weighted by Crippen LogP contribution is 2.47. The first-order chi connectivity index (χ1) is 18.8. The van der Waals surface area contributed by atoms with Gasteiger partial charge in [-0.3, -0.25) is 14.5 Å². The number of hydrogen-bond acceptors (Lipinski definition) is 6. The van der Waals surface area contributed by atoms with E-state index in [4.69, 9.17) is 0 Å². The Morgan fingerprint density at radius 3 is 2.44 bits per heavy atom. The number of hydrogen-bond donors (Lipinski definition) is 4. The molecule has 4 N–H and O–H groups in total. The Hall–Kier alpha value is -3.00. The van der Waals surface area contributed by atoms with Crippen molar-refractivity contribution in [1.82, 2.24) is 4.90 Å². The molecule has 0 spiro atoms. The van der Waals surface area contributed by atoms with Crippen molar-refractivity contribution in [2.45, 2.75) is 70.4 Å². The van der Waals surface area contributed by atoms with Crippen LogP contribution in [0.15, 0.2) is 53.1 Å². The van der Waals surface area contributed by atoms with Crippen molar-refractivity contribution in [2.75, 3.05) is 13.2 Å². The van der Waals surface area contributed by atoms with Gasteiger partial charge in [-0.05, 0) is 67.2 Å². The molecule has 3 aliphatic rings. The lowest BCUT2D eigenvalue weighted by Crippen LogP contribution is -2.42. The van der Waals surface area contributed by atoms with Crippen molar-refractivity contribution in [2.24, 2.45) is 17.8 Å². The van der Waals surface area contributed by atoms with Gasteiger partial charge in [0.25, 0.3) is 0 Å². The van der Waals surface area contributed by atoms with Crippen molar-refractivity contribution in [3.8, 4) is 5.75 Å². The first-order valence-corrected chi connectivity index (χ1v) is 14.2. The zero-order valence-corrected chi connectivity index (χ0v) is 22.6. The average Bonchev–Trinajstić information content (AvgIpc) is 3.21. The third-order valence-electron chi connectivity index (χ3n) is 9.05. The number of carbonyl (C=O) groups excluding carboxylic acids is 2. The SMILES string of the molecule is C/C(=C\c1ccc(O)c2ccccc12)CC[C@@H](O)C1=C(CO)C[C@H]2C(=O)N(C3CCCCC3)C(=O)[C@H]2[C@H]1CO. The van der Waals surface area contributed by atoms with Crippen LogP contribution in [0.2, 0.25) is 0 Å². The summed E-state index contributed by atoms with van der Waals surface area (Å²) in [5.41, 5.74) is 3.09. The van der Waals surface area contributed by atoms with Gasteiger partial charge in [0, 0.05) is 17.3 Å². The Balaban J connectivity index is 1.35. The third kappa shape index (κ3) is 5.15. The Bertz CT molecular complexity index is 1310. The minimum absolute atomic E-state index is 0.0848. The maximum Gasteiger partial charge on any atom is 0.234 e. The molecule has 5 rings (SSSR count). The Morgan fingerprint density at radius 2 is 1.74 bits per heavy atom. The van der Waals surface area contributed by atoms with Crippen LogP contribution in [0.5, 0.6) is 5.75 Å². The van der Waals surface area contributed by atoms with Gasteiger partial charge in [0.05, 0.1) is 31.2 Å². The standard InChI is InChI=1S/C32H39NO6/c1-19(15-20-12-14-27(36)24-10-6-5-9-23(20)24)11-13-28(37)29-21(17-34)16-25-30(26(29)18-35)32(39)33(31(25)38)22-7-3-2-4-8-22/h5-6,9-10,12,14-15,22,25-26,28,30,34-37H,2-4,7-8,11,13,16-18H2,1H3/b19-15+/t25-,26+,28-,30-/m1/s1.